The van der Waals surface area contributed by atoms with E-state index in [0.29, 0.717) is 21.6 Å². The van der Waals surface area contributed by atoms with Crippen molar-refractivity contribution in [2.24, 2.45) is 5.73 Å². The number of rotatable bonds is 2. The molecule has 0 aliphatic heterocycles. The number of hydrogen-bond donors (Lipinski definition) is 2. The van der Waals surface area contributed by atoms with Gasteiger partial charge >= 0.3 is 0 Å². The van der Waals surface area contributed by atoms with Crippen molar-refractivity contribution in [3.63, 3.8) is 0 Å². The van der Waals surface area contributed by atoms with Crippen molar-refractivity contribution < 1.29 is 4.42 Å². The molecule has 1 aromatic carbocycles. The van der Waals surface area contributed by atoms with E-state index in [1.54, 1.807) is 30.3 Å². The van der Waals surface area contributed by atoms with Gasteiger partial charge in [-0.25, -0.2) is 0 Å². The van der Waals surface area contributed by atoms with Crippen molar-refractivity contribution in [3.05, 3.63) is 46.1 Å². The quantitative estimate of drug-likeness (QED) is 0.636. The summed E-state index contributed by atoms with van der Waals surface area (Å²) in [6.45, 7) is 0. The first-order chi connectivity index (χ1) is 7.58. The normalized spacial score (nSPS) is 10.4. The van der Waals surface area contributed by atoms with Gasteiger partial charge in [-0.15, -0.1) is 0 Å². The molecule has 82 valence electrons. The zero-order valence-corrected chi connectivity index (χ0v) is 9.64. The molecular formula is C11H8Cl2N2O. The van der Waals surface area contributed by atoms with E-state index in [1.165, 1.54) is 0 Å². The summed E-state index contributed by atoms with van der Waals surface area (Å²) in [5.41, 5.74) is 6.02. The first-order valence-corrected chi connectivity index (χ1v) is 5.23. The lowest BCUT2D eigenvalue weighted by Crippen LogP contribution is -2.09. The Morgan fingerprint density at radius 3 is 2.50 bits per heavy atom. The third kappa shape index (κ3) is 2.05. The summed E-state index contributed by atoms with van der Waals surface area (Å²) in [6.07, 6.45) is 0. The second-order valence-corrected chi connectivity index (χ2v) is 4.05. The molecule has 0 aliphatic rings. The first-order valence-electron chi connectivity index (χ1n) is 4.47. The lowest BCUT2D eigenvalue weighted by molar-refractivity contribution is 0.571. The largest absolute Gasteiger partial charge is 0.453 e. The molecule has 0 spiro atoms. The van der Waals surface area contributed by atoms with Gasteiger partial charge in [-0.1, -0.05) is 23.2 Å². The fourth-order valence-corrected chi connectivity index (χ4v) is 1.82. The van der Waals surface area contributed by atoms with Gasteiger partial charge in [-0.3, -0.25) is 5.41 Å². The van der Waals surface area contributed by atoms with Crippen LogP contribution in [0.3, 0.4) is 0 Å². The molecule has 1 heterocycles. The van der Waals surface area contributed by atoms with Gasteiger partial charge in [0.25, 0.3) is 0 Å². The predicted molar refractivity (Wildman–Crippen MR) is 65.2 cm³/mol. The maximum absolute atomic E-state index is 7.23. The number of halogens is 2. The van der Waals surface area contributed by atoms with Crippen molar-refractivity contribution in [1.82, 2.24) is 0 Å². The Hall–Kier alpha value is -1.45. The maximum atomic E-state index is 7.23. The van der Waals surface area contributed by atoms with E-state index in [2.05, 4.69) is 0 Å². The summed E-state index contributed by atoms with van der Waals surface area (Å²) in [5.74, 6) is 0.768. The zero-order valence-electron chi connectivity index (χ0n) is 8.13. The summed E-state index contributed by atoms with van der Waals surface area (Å²) in [6, 6.07) is 8.45. The second-order valence-electron chi connectivity index (χ2n) is 3.20. The summed E-state index contributed by atoms with van der Waals surface area (Å²) in [4.78, 5) is 0. The molecule has 3 nitrogen and oxygen atoms in total. The van der Waals surface area contributed by atoms with Gasteiger partial charge in [0.1, 0.15) is 5.76 Å². The average Bonchev–Trinajstić information content (AvgIpc) is 2.66. The van der Waals surface area contributed by atoms with E-state index in [1.807, 2.05) is 0 Å². The molecule has 0 unspecified atom stereocenters. The first kappa shape index (κ1) is 11.0. The van der Waals surface area contributed by atoms with Crippen molar-refractivity contribution >= 4 is 29.0 Å². The fraction of sp³-hybridized carbons (Fsp3) is 0. The minimum absolute atomic E-state index is 0.115. The zero-order chi connectivity index (χ0) is 11.7. The van der Waals surface area contributed by atoms with E-state index in [9.17, 15) is 0 Å². The van der Waals surface area contributed by atoms with Crippen LogP contribution in [0, 0.1) is 5.41 Å². The Morgan fingerprint density at radius 1 is 1.19 bits per heavy atom. The molecular weight excluding hydrogens is 247 g/mol. The molecule has 0 atom stereocenters. The highest BCUT2D eigenvalue weighted by Gasteiger charge is 2.10. The van der Waals surface area contributed by atoms with Crippen LogP contribution >= 0.6 is 23.2 Å². The number of furan rings is 1. The number of benzene rings is 1. The van der Waals surface area contributed by atoms with Crippen LogP contribution in [0.1, 0.15) is 5.76 Å². The van der Waals surface area contributed by atoms with Crippen molar-refractivity contribution in [1.29, 1.82) is 5.41 Å². The molecule has 5 heteroatoms. The van der Waals surface area contributed by atoms with Gasteiger partial charge in [0, 0.05) is 10.6 Å². The third-order valence-electron chi connectivity index (χ3n) is 2.07. The van der Waals surface area contributed by atoms with E-state index in [-0.39, 0.29) is 5.84 Å². The van der Waals surface area contributed by atoms with Gasteiger partial charge in [0.05, 0.1) is 5.02 Å². The summed E-state index contributed by atoms with van der Waals surface area (Å²) >= 11 is 11.8. The van der Waals surface area contributed by atoms with Crippen LogP contribution in [0.4, 0.5) is 0 Å². The smallest absolute Gasteiger partial charge is 0.168 e. The van der Waals surface area contributed by atoms with Crippen LogP contribution in [-0.4, -0.2) is 5.84 Å². The Labute approximate surface area is 102 Å². The minimum atomic E-state index is -0.115. The molecule has 0 amide bonds. The summed E-state index contributed by atoms with van der Waals surface area (Å²) in [7, 11) is 0. The molecule has 3 N–H and O–H groups in total. The number of nitrogen functional groups attached to an aromatic ring is 1. The van der Waals surface area contributed by atoms with E-state index in [4.69, 9.17) is 38.8 Å². The highest BCUT2D eigenvalue weighted by Crippen LogP contribution is 2.31. The average molecular weight is 255 g/mol. The van der Waals surface area contributed by atoms with Gasteiger partial charge in [-0.2, -0.15) is 0 Å². The van der Waals surface area contributed by atoms with Crippen molar-refractivity contribution in [3.8, 4) is 11.3 Å². The number of nitrogens with two attached hydrogens (primary N) is 1. The lowest BCUT2D eigenvalue weighted by atomic mass is 10.2. The van der Waals surface area contributed by atoms with Crippen LogP contribution in [-0.2, 0) is 0 Å². The minimum Gasteiger partial charge on any atom is -0.453 e. The number of hydrogen-bond acceptors (Lipinski definition) is 2. The lowest BCUT2D eigenvalue weighted by Gasteiger charge is -2.01. The molecule has 0 fully saturated rings. The monoisotopic (exact) mass is 254 g/mol. The van der Waals surface area contributed by atoms with Gasteiger partial charge in [0.2, 0.25) is 0 Å². The Kier molecular flexibility index (Phi) is 2.90. The molecule has 2 aromatic rings. The highest BCUT2D eigenvalue weighted by atomic mass is 35.5. The van der Waals surface area contributed by atoms with Crippen LogP contribution in [0.15, 0.2) is 34.7 Å². The number of amidine groups is 1. The van der Waals surface area contributed by atoms with Crippen LogP contribution in [0.25, 0.3) is 11.3 Å². The van der Waals surface area contributed by atoms with Gasteiger partial charge < -0.3 is 10.2 Å². The molecule has 1 aromatic heterocycles. The standard InChI is InChI=1S/C11H8Cl2N2O/c12-6-1-2-7(8(13)5-6)9-3-4-10(16-9)11(14)15/h1-5H,(H3,14,15). The van der Waals surface area contributed by atoms with Gasteiger partial charge in [-0.05, 0) is 30.3 Å². The molecule has 0 saturated heterocycles. The fourth-order valence-electron chi connectivity index (χ4n) is 1.32. The van der Waals surface area contributed by atoms with E-state index >= 15 is 0 Å². The van der Waals surface area contributed by atoms with E-state index in [0.717, 1.165) is 5.56 Å². The van der Waals surface area contributed by atoms with Crippen LogP contribution in [0.5, 0.6) is 0 Å². The number of nitrogens with one attached hydrogen (secondary N) is 1. The van der Waals surface area contributed by atoms with Crippen LogP contribution in [0.2, 0.25) is 10.0 Å². The molecule has 0 bridgehead atoms. The Balaban J connectivity index is 2.46. The highest BCUT2D eigenvalue weighted by molar-refractivity contribution is 6.36. The predicted octanol–water partition coefficient (Wildman–Crippen LogP) is 3.54. The third-order valence-corrected chi connectivity index (χ3v) is 2.62. The molecule has 2 rings (SSSR count). The van der Waals surface area contributed by atoms with Crippen LogP contribution < -0.4 is 5.73 Å². The van der Waals surface area contributed by atoms with Crippen molar-refractivity contribution in [2.45, 2.75) is 0 Å². The Bertz CT molecular complexity index is 549. The summed E-state index contributed by atoms with van der Waals surface area (Å²) < 4.78 is 5.37. The molecule has 0 aliphatic carbocycles. The SMILES string of the molecule is N=C(N)c1ccc(-c2ccc(Cl)cc2Cl)o1. The molecule has 16 heavy (non-hydrogen) atoms. The molecule has 0 radical (unpaired) electrons. The maximum Gasteiger partial charge on any atom is 0.168 e. The Morgan fingerprint density at radius 2 is 1.94 bits per heavy atom. The molecule has 0 saturated carbocycles. The van der Waals surface area contributed by atoms with E-state index < -0.39 is 0 Å². The summed E-state index contributed by atoms with van der Waals surface area (Å²) in [5, 5.41) is 8.29. The second kappa shape index (κ2) is 4.20. The van der Waals surface area contributed by atoms with Crippen molar-refractivity contribution in [2.75, 3.05) is 0 Å². The topological polar surface area (TPSA) is 63.0 Å². The van der Waals surface area contributed by atoms with Gasteiger partial charge in [0.15, 0.2) is 11.6 Å².